The Labute approximate surface area is 136 Å². The van der Waals surface area contributed by atoms with Gasteiger partial charge >= 0.3 is 18.0 Å². The molecule has 2 saturated carbocycles. The first kappa shape index (κ1) is 17.6. The normalized spacial score (nSPS) is 30.5. The fraction of sp³-hybridized carbons (Fsp3) is 0.812. The van der Waals surface area contributed by atoms with Crippen molar-refractivity contribution in [3.05, 3.63) is 0 Å². The largest absolute Gasteiger partial charge is 0.481 e. The lowest BCUT2D eigenvalue weighted by Gasteiger charge is -2.27. The summed E-state index contributed by atoms with van der Waals surface area (Å²) in [5.74, 6) is -1.32. The van der Waals surface area contributed by atoms with Crippen molar-refractivity contribution in [2.45, 2.75) is 64.0 Å². The molecule has 7 nitrogen and oxygen atoms in total. The number of ether oxygens (including phenoxy) is 1. The molecule has 0 aromatic heterocycles. The van der Waals surface area contributed by atoms with Gasteiger partial charge in [-0.05, 0) is 51.9 Å². The van der Waals surface area contributed by atoms with Gasteiger partial charge in [0.2, 0.25) is 0 Å². The number of carbonyl (C=O) groups is 3. The predicted molar refractivity (Wildman–Crippen MR) is 82.8 cm³/mol. The van der Waals surface area contributed by atoms with Crippen molar-refractivity contribution in [1.82, 2.24) is 10.6 Å². The number of hydrogen-bond donors (Lipinski definition) is 3. The Morgan fingerprint density at radius 3 is 2.13 bits per heavy atom. The van der Waals surface area contributed by atoms with Crippen molar-refractivity contribution in [3.63, 3.8) is 0 Å². The number of aliphatic carboxylic acids is 1. The Morgan fingerprint density at radius 2 is 1.52 bits per heavy atom. The first-order chi connectivity index (χ1) is 11.0. The van der Waals surface area contributed by atoms with Crippen LogP contribution in [0.25, 0.3) is 0 Å². The molecule has 0 heterocycles. The van der Waals surface area contributed by atoms with Crippen LogP contribution in [0, 0.1) is 11.8 Å². The van der Waals surface area contributed by atoms with Gasteiger partial charge in [0.15, 0.2) is 0 Å². The van der Waals surface area contributed by atoms with Crippen LogP contribution in [0.2, 0.25) is 0 Å². The lowest BCUT2D eigenvalue weighted by molar-refractivity contribution is -0.148. The second kappa shape index (κ2) is 8.17. The van der Waals surface area contributed by atoms with Crippen LogP contribution in [0.15, 0.2) is 0 Å². The van der Waals surface area contributed by atoms with Gasteiger partial charge in [0.25, 0.3) is 0 Å². The minimum atomic E-state index is -0.746. The van der Waals surface area contributed by atoms with E-state index >= 15 is 0 Å². The van der Waals surface area contributed by atoms with Gasteiger partial charge in [-0.2, -0.15) is 0 Å². The number of hydrogen-bond acceptors (Lipinski definition) is 4. The summed E-state index contributed by atoms with van der Waals surface area (Å²) in [5.41, 5.74) is 0. The summed E-state index contributed by atoms with van der Waals surface area (Å²) in [4.78, 5) is 34.6. The van der Waals surface area contributed by atoms with Gasteiger partial charge in [0.05, 0.1) is 18.4 Å². The summed E-state index contributed by atoms with van der Waals surface area (Å²) >= 11 is 0. The molecule has 3 N–H and O–H groups in total. The smallest absolute Gasteiger partial charge is 0.315 e. The molecule has 0 unspecified atom stereocenters. The molecular formula is C16H26N2O5. The van der Waals surface area contributed by atoms with Crippen LogP contribution in [-0.4, -0.2) is 41.8 Å². The Kier molecular flexibility index (Phi) is 6.24. The molecule has 130 valence electrons. The number of rotatable bonds is 5. The molecule has 2 fully saturated rings. The molecule has 2 atom stereocenters. The van der Waals surface area contributed by atoms with Crippen molar-refractivity contribution < 1.29 is 24.2 Å². The van der Waals surface area contributed by atoms with E-state index in [-0.39, 0.29) is 35.9 Å². The van der Waals surface area contributed by atoms with Crippen LogP contribution in [-0.2, 0) is 14.3 Å². The zero-order valence-electron chi connectivity index (χ0n) is 13.5. The van der Waals surface area contributed by atoms with Crippen molar-refractivity contribution in [2.75, 3.05) is 6.61 Å². The minimum absolute atomic E-state index is 0.000218. The van der Waals surface area contributed by atoms with E-state index in [1.165, 1.54) is 0 Å². The van der Waals surface area contributed by atoms with E-state index in [4.69, 9.17) is 9.84 Å². The lowest BCUT2D eigenvalue weighted by atomic mass is 9.86. The number of carboxylic acid groups (broad SMARTS) is 1. The van der Waals surface area contributed by atoms with Crippen molar-refractivity contribution >= 4 is 18.0 Å². The summed E-state index contributed by atoms with van der Waals surface area (Å²) in [6.07, 6.45) is 4.75. The van der Waals surface area contributed by atoms with Crippen LogP contribution >= 0.6 is 0 Å². The molecule has 0 radical (unpaired) electrons. The molecule has 2 rings (SSSR count). The quantitative estimate of drug-likeness (QED) is 0.666. The number of esters is 1. The molecular weight excluding hydrogens is 300 g/mol. The molecule has 0 bridgehead atoms. The topological polar surface area (TPSA) is 105 Å². The van der Waals surface area contributed by atoms with Crippen molar-refractivity contribution in [3.8, 4) is 0 Å². The van der Waals surface area contributed by atoms with Crippen molar-refractivity contribution in [1.29, 1.82) is 0 Å². The molecule has 0 aromatic carbocycles. The van der Waals surface area contributed by atoms with Gasteiger partial charge < -0.3 is 20.5 Å². The van der Waals surface area contributed by atoms with E-state index in [0.29, 0.717) is 38.7 Å². The fourth-order valence-corrected chi connectivity index (χ4v) is 3.48. The summed E-state index contributed by atoms with van der Waals surface area (Å²) in [5, 5.41) is 14.8. The van der Waals surface area contributed by atoms with Crippen LogP contribution in [0.5, 0.6) is 0 Å². The number of nitrogens with one attached hydrogen (secondary N) is 2. The van der Waals surface area contributed by atoms with Crippen LogP contribution in [0.4, 0.5) is 4.79 Å². The lowest BCUT2D eigenvalue weighted by Crippen LogP contribution is -2.47. The highest BCUT2D eigenvalue weighted by atomic mass is 16.5. The number of amides is 2. The average molecular weight is 326 g/mol. The highest BCUT2D eigenvalue weighted by molar-refractivity contribution is 5.76. The number of urea groups is 1. The Balaban J connectivity index is 1.68. The predicted octanol–water partition coefficient (Wildman–Crippen LogP) is 1.66. The van der Waals surface area contributed by atoms with Crippen LogP contribution < -0.4 is 10.6 Å². The molecule has 0 spiro atoms. The van der Waals surface area contributed by atoms with Gasteiger partial charge in [-0.1, -0.05) is 0 Å². The third-order valence-corrected chi connectivity index (χ3v) is 4.80. The third kappa shape index (κ3) is 5.11. The zero-order chi connectivity index (χ0) is 16.8. The van der Waals surface area contributed by atoms with E-state index < -0.39 is 5.97 Å². The summed E-state index contributed by atoms with van der Waals surface area (Å²) in [7, 11) is 0. The molecule has 0 saturated heterocycles. The van der Waals surface area contributed by atoms with Crippen LogP contribution in [0.1, 0.15) is 51.9 Å². The Morgan fingerprint density at radius 1 is 0.957 bits per heavy atom. The standard InChI is InChI=1S/C16H26N2O5/c1-2-23-15(21)11-5-8-13(9-11)18-16(22)17-12-6-3-10(4-7-12)14(19)20/h10-13H,2-9H2,1H3,(H,19,20)(H2,17,18,22)/t10?,11-,12?,13+/m1/s1. The van der Waals surface area contributed by atoms with Crippen LogP contribution in [0.3, 0.4) is 0 Å². The number of carbonyl (C=O) groups excluding carboxylic acids is 2. The first-order valence-electron chi connectivity index (χ1n) is 8.46. The third-order valence-electron chi connectivity index (χ3n) is 4.80. The molecule has 23 heavy (non-hydrogen) atoms. The Hall–Kier alpha value is -1.79. The second-order valence-corrected chi connectivity index (χ2v) is 6.46. The van der Waals surface area contributed by atoms with E-state index in [0.717, 1.165) is 12.8 Å². The molecule has 2 aliphatic rings. The molecule has 2 amide bonds. The summed E-state index contributed by atoms with van der Waals surface area (Å²) < 4.78 is 5.01. The highest BCUT2D eigenvalue weighted by Gasteiger charge is 2.32. The van der Waals surface area contributed by atoms with Gasteiger partial charge in [-0.15, -0.1) is 0 Å². The maximum Gasteiger partial charge on any atom is 0.315 e. The van der Waals surface area contributed by atoms with E-state index in [1.807, 2.05) is 0 Å². The van der Waals surface area contributed by atoms with Gasteiger partial charge in [0.1, 0.15) is 0 Å². The first-order valence-corrected chi connectivity index (χ1v) is 8.46. The fourth-order valence-electron chi connectivity index (χ4n) is 3.48. The molecule has 0 aliphatic heterocycles. The molecule has 2 aliphatic carbocycles. The SMILES string of the molecule is CCOC(=O)[C@@H]1CC[C@H](NC(=O)NC2CCC(C(=O)O)CC2)C1. The highest BCUT2D eigenvalue weighted by Crippen LogP contribution is 2.27. The maximum absolute atomic E-state index is 12.0. The molecule has 7 heteroatoms. The monoisotopic (exact) mass is 326 g/mol. The van der Waals surface area contributed by atoms with E-state index in [1.54, 1.807) is 6.92 Å². The Bertz CT molecular complexity index is 446. The van der Waals surface area contributed by atoms with E-state index in [2.05, 4.69) is 10.6 Å². The zero-order valence-corrected chi connectivity index (χ0v) is 13.5. The summed E-state index contributed by atoms with van der Waals surface area (Å²) in [6, 6.07) is -0.189. The average Bonchev–Trinajstić information content (AvgIpc) is 2.96. The van der Waals surface area contributed by atoms with Gasteiger partial charge in [0, 0.05) is 12.1 Å². The van der Waals surface area contributed by atoms with Gasteiger partial charge in [-0.25, -0.2) is 4.79 Å². The number of carboxylic acids is 1. The summed E-state index contributed by atoms with van der Waals surface area (Å²) in [6.45, 7) is 2.17. The second-order valence-electron chi connectivity index (χ2n) is 6.46. The minimum Gasteiger partial charge on any atom is -0.481 e. The van der Waals surface area contributed by atoms with Gasteiger partial charge in [-0.3, -0.25) is 9.59 Å². The van der Waals surface area contributed by atoms with Crippen molar-refractivity contribution in [2.24, 2.45) is 11.8 Å². The maximum atomic E-state index is 12.0. The van der Waals surface area contributed by atoms with E-state index in [9.17, 15) is 14.4 Å². The molecule has 0 aromatic rings.